The Morgan fingerprint density at radius 2 is 1.57 bits per heavy atom. The molecule has 0 N–H and O–H groups in total. The SMILES string of the molecule is CCCCCCO[C@]1(C(=O)OC)C[C@@H](OC(C)=O)[C@@H](OC(C)=O)C([C@@H](COC(C)=O)OC(C)=O)O1. The van der Waals surface area contributed by atoms with Gasteiger partial charge in [0.25, 0.3) is 5.79 Å². The molecule has 12 heteroatoms. The average molecular weight is 505 g/mol. The Bertz CT molecular complexity index is 751. The third kappa shape index (κ3) is 9.81. The highest BCUT2D eigenvalue weighted by atomic mass is 16.8. The Morgan fingerprint density at radius 3 is 2.09 bits per heavy atom. The van der Waals surface area contributed by atoms with E-state index in [0.29, 0.717) is 6.42 Å². The van der Waals surface area contributed by atoms with Crippen LogP contribution < -0.4 is 0 Å². The van der Waals surface area contributed by atoms with Gasteiger partial charge in [-0.1, -0.05) is 26.2 Å². The van der Waals surface area contributed by atoms with Gasteiger partial charge in [-0.2, -0.15) is 0 Å². The number of unbranched alkanes of at least 4 members (excludes halogenated alkanes) is 3. The number of carbonyl (C=O) groups is 5. The zero-order valence-corrected chi connectivity index (χ0v) is 21.2. The molecule has 0 saturated carbocycles. The molecule has 1 unspecified atom stereocenters. The molecule has 1 saturated heterocycles. The summed E-state index contributed by atoms with van der Waals surface area (Å²) in [5.41, 5.74) is 0. The van der Waals surface area contributed by atoms with Gasteiger partial charge in [0, 0.05) is 27.7 Å². The summed E-state index contributed by atoms with van der Waals surface area (Å²) < 4.78 is 37.9. The van der Waals surface area contributed by atoms with Crippen LogP contribution in [-0.4, -0.2) is 80.4 Å². The number of methoxy groups -OCH3 is 1. The first kappa shape index (κ1) is 30.3. The normalized spacial score (nSPS) is 24.6. The van der Waals surface area contributed by atoms with Crippen molar-refractivity contribution in [3.05, 3.63) is 0 Å². The molecule has 0 aromatic rings. The van der Waals surface area contributed by atoms with E-state index in [4.69, 9.17) is 33.2 Å². The molecule has 200 valence electrons. The summed E-state index contributed by atoms with van der Waals surface area (Å²) in [6.45, 7) is 6.20. The second kappa shape index (κ2) is 14.6. The molecule has 1 fully saturated rings. The number of rotatable bonds is 13. The molecule has 1 aliphatic heterocycles. The number of hydrogen-bond donors (Lipinski definition) is 0. The van der Waals surface area contributed by atoms with E-state index in [2.05, 4.69) is 0 Å². The predicted octanol–water partition coefficient (Wildman–Crippen LogP) is 1.60. The van der Waals surface area contributed by atoms with Crippen LogP contribution in [0.3, 0.4) is 0 Å². The first-order valence-electron chi connectivity index (χ1n) is 11.5. The smallest absolute Gasteiger partial charge is 0.366 e. The highest BCUT2D eigenvalue weighted by Gasteiger charge is 2.58. The van der Waals surface area contributed by atoms with E-state index in [0.717, 1.165) is 54.1 Å². The van der Waals surface area contributed by atoms with Gasteiger partial charge in [-0.05, 0) is 6.42 Å². The van der Waals surface area contributed by atoms with Gasteiger partial charge in [-0.15, -0.1) is 0 Å². The van der Waals surface area contributed by atoms with E-state index < -0.39 is 66.7 Å². The molecule has 35 heavy (non-hydrogen) atoms. The number of ether oxygens (including phenoxy) is 7. The molecule has 12 nitrogen and oxygen atoms in total. The quantitative estimate of drug-likeness (QED) is 0.204. The Morgan fingerprint density at radius 1 is 0.914 bits per heavy atom. The molecule has 0 aliphatic carbocycles. The summed E-state index contributed by atoms with van der Waals surface area (Å²) in [7, 11) is 1.13. The molecular weight excluding hydrogens is 468 g/mol. The van der Waals surface area contributed by atoms with Crippen molar-refractivity contribution >= 4 is 29.8 Å². The lowest BCUT2D eigenvalue weighted by Crippen LogP contribution is -2.65. The van der Waals surface area contributed by atoms with Crippen molar-refractivity contribution in [2.75, 3.05) is 20.3 Å². The molecule has 0 amide bonds. The van der Waals surface area contributed by atoms with Crippen LogP contribution in [-0.2, 0) is 57.1 Å². The summed E-state index contributed by atoms with van der Waals surface area (Å²) >= 11 is 0. The molecule has 5 atom stereocenters. The fraction of sp³-hybridized carbons (Fsp3) is 0.783. The largest absolute Gasteiger partial charge is 0.465 e. The van der Waals surface area contributed by atoms with Crippen LogP contribution in [0.5, 0.6) is 0 Å². The second-order valence-electron chi connectivity index (χ2n) is 8.11. The molecule has 1 aliphatic rings. The summed E-state index contributed by atoms with van der Waals surface area (Å²) in [5.74, 6) is -5.90. The maximum absolute atomic E-state index is 12.9. The van der Waals surface area contributed by atoms with Gasteiger partial charge in [-0.25, -0.2) is 4.79 Å². The summed E-state index contributed by atoms with van der Waals surface area (Å²) in [5, 5.41) is 0. The van der Waals surface area contributed by atoms with Crippen LogP contribution in [0.2, 0.25) is 0 Å². The highest BCUT2D eigenvalue weighted by molar-refractivity contribution is 5.78. The van der Waals surface area contributed by atoms with Gasteiger partial charge in [0.2, 0.25) is 0 Å². The van der Waals surface area contributed by atoms with Crippen LogP contribution in [0.25, 0.3) is 0 Å². The average Bonchev–Trinajstić information content (AvgIpc) is 2.76. The van der Waals surface area contributed by atoms with Crippen LogP contribution in [0.1, 0.15) is 66.7 Å². The molecule has 0 aromatic carbocycles. The van der Waals surface area contributed by atoms with Crippen LogP contribution >= 0.6 is 0 Å². The fourth-order valence-electron chi connectivity index (χ4n) is 3.68. The third-order valence-electron chi connectivity index (χ3n) is 5.07. The number of carbonyl (C=O) groups excluding carboxylic acids is 5. The topological polar surface area (TPSA) is 150 Å². The first-order valence-corrected chi connectivity index (χ1v) is 11.5. The van der Waals surface area contributed by atoms with Crippen LogP contribution in [0, 0.1) is 0 Å². The molecule has 0 spiro atoms. The zero-order valence-electron chi connectivity index (χ0n) is 21.2. The highest BCUT2D eigenvalue weighted by Crippen LogP contribution is 2.37. The lowest BCUT2D eigenvalue weighted by atomic mass is 9.91. The third-order valence-corrected chi connectivity index (χ3v) is 5.07. The molecule has 1 heterocycles. The van der Waals surface area contributed by atoms with E-state index >= 15 is 0 Å². The molecule has 0 aromatic heterocycles. The maximum atomic E-state index is 12.9. The molecular formula is C23H36O12. The fourth-order valence-corrected chi connectivity index (χ4v) is 3.68. The van der Waals surface area contributed by atoms with Crippen LogP contribution in [0.15, 0.2) is 0 Å². The number of esters is 5. The van der Waals surface area contributed by atoms with Crippen molar-refractivity contribution in [2.45, 2.75) is 96.9 Å². The lowest BCUT2D eigenvalue weighted by molar-refractivity contribution is -0.327. The van der Waals surface area contributed by atoms with Gasteiger partial charge in [-0.3, -0.25) is 19.2 Å². The standard InChI is InChI=1S/C23H36O12/c1-7-8-9-10-11-31-23(22(28)29-6)12-18(32-15(3)25)20(34-17(5)27)21(35-23)19(33-16(4)26)13-30-14(2)24/h18-21H,7-13H2,1-6H3/t18-,19-,20-,21?,23-/m1/s1. The summed E-state index contributed by atoms with van der Waals surface area (Å²) in [6.07, 6.45) is -2.29. The van der Waals surface area contributed by atoms with Crippen molar-refractivity contribution in [1.29, 1.82) is 0 Å². The minimum Gasteiger partial charge on any atom is -0.465 e. The first-order chi connectivity index (χ1) is 16.5. The Labute approximate surface area is 204 Å². The molecule has 1 rings (SSSR count). The van der Waals surface area contributed by atoms with Gasteiger partial charge in [0.05, 0.1) is 20.1 Å². The molecule has 0 radical (unpaired) electrons. The van der Waals surface area contributed by atoms with Crippen molar-refractivity contribution in [1.82, 2.24) is 0 Å². The Hall–Kier alpha value is -2.73. The minimum absolute atomic E-state index is 0.106. The van der Waals surface area contributed by atoms with Gasteiger partial charge < -0.3 is 33.2 Å². The molecule has 0 bridgehead atoms. The van der Waals surface area contributed by atoms with E-state index in [1.807, 2.05) is 6.92 Å². The number of hydrogen-bond acceptors (Lipinski definition) is 12. The van der Waals surface area contributed by atoms with E-state index in [1.165, 1.54) is 0 Å². The van der Waals surface area contributed by atoms with Crippen molar-refractivity contribution < 1.29 is 57.1 Å². The maximum Gasteiger partial charge on any atom is 0.366 e. The monoisotopic (exact) mass is 504 g/mol. The van der Waals surface area contributed by atoms with Crippen molar-refractivity contribution in [2.24, 2.45) is 0 Å². The lowest BCUT2D eigenvalue weighted by Gasteiger charge is -2.46. The van der Waals surface area contributed by atoms with Gasteiger partial charge in [0.1, 0.15) is 18.8 Å². The Kier molecular flexibility index (Phi) is 12.7. The van der Waals surface area contributed by atoms with Gasteiger partial charge in [0.15, 0.2) is 12.2 Å². The van der Waals surface area contributed by atoms with Crippen molar-refractivity contribution in [3.8, 4) is 0 Å². The minimum atomic E-state index is -2.07. The predicted molar refractivity (Wildman–Crippen MR) is 118 cm³/mol. The van der Waals surface area contributed by atoms with Crippen molar-refractivity contribution in [3.63, 3.8) is 0 Å². The zero-order chi connectivity index (χ0) is 26.6. The van der Waals surface area contributed by atoms with Crippen LogP contribution in [0.4, 0.5) is 0 Å². The second-order valence-corrected chi connectivity index (χ2v) is 8.11. The summed E-state index contributed by atoms with van der Waals surface area (Å²) in [6, 6.07) is 0. The van der Waals surface area contributed by atoms with E-state index in [-0.39, 0.29) is 13.0 Å². The van der Waals surface area contributed by atoms with E-state index in [1.54, 1.807) is 0 Å². The summed E-state index contributed by atoms with van der Waals surface area (Å²) in [4.78, 5) is 59.9. The van der Waals surface area contributed by atoms with E-state index in [9.17, 15) is 24.0 Å². The Balaban J connectivity index is 3.48. The van der Waals surface area contributed by atoms with Gasteiger partial charge >= 0.3 is 29.8 Å².